The molecular weight excluding hydrogens is 1370 g/mol. The molecule has 27 heteroatoms. The summed E-state index contributed by atoms with van der Waals surface area (Å²) in [6.45, 7) is 18.5. The number of fused-ring (bicyclic) bond motifs is 3. The van der Waals surface area contributed by atoms with Gasteiger partial charge in [-0.3, -0.25) is 74.7 Å². The maximum atomic E-state index is 12.9. The van der Waals surface area contributed by atoms with Crippen LogP contribution in [-0.4, -0.2) is 147 Å². The zero-order chi connectivity index (χ0) is 65.0. The fourth-order valence-corrected chi connectivity index (χ4v) is 12.0. The van der Waals surface area contributed by atoms with Crippen LogP contribution in [-0.2, 0) is 14.4 Å². The number of aryl methyl sites for hydroxylation is 2. The lowest BCUT2D eigenvalue weighted by Gasteiger charge is -2.27. The molecule has 4 aromatic carbocycles. The van der Waals surface area contributed by atoms with Crippen LogP contribution in [0.2, 0.25) is 0 Å². The molecule has 0 spiro atoms. The average Bonchev–Trinajstić information content (AvgIpc) is 1.64. The van der Waals surface area contributed by atoms with Crippen molar-refractivity contribution in [2.75, 3.05) is 66.8 Å². The number of benzene rings is 4. The highest BCUT2D eigenvalue weighted by atomic mass is 79.9. The lowest BCUT2D eigenvalue weighted by Crippen LogP contribution is -2.47. The number of amides is 6. The predicted molar refractivity (Wildman–Crippen MR) is 366 cm³/mol. The van der Waals surface area contributed by atoms with Crippen LogP contribution >= 0.6 is 47.8 Å². The van der Waals surface area contributed by atoms with Crippen LogP contribution < -0.4 is 26.4 Å². The molecule has 1 fully saturated rings. The lowest BCUT2D eigenvalue weighted by molar-refractivity contribution is -0.128. The van der Waals surface area contributed by atoms with Gasteiger partial charge in [0.25, 0.3) is 29.5 Å². The number of hydrazine groups is 1. The second-order valence-corrected chi connectivity index (χ2v) is 23.7. The van der Waals surface area contributed by atoms with Crippen molar-refractivity contribution in [2.24, 2.45) is 10.1 Å². The molecule has 0 aliphatic carbocycles. The van der Waals surface area contributed by atoms with E-state index in [0.29, 0.717) is 116 Å². The van der Waals surface area contributed by atoms with Crippen LogP contribution in [0, 0.1) is 13.8 Å². The minimum Gasteiger partial charge on any atom is -0.337 e. The standard InChI is InChI=1S/C22H23BrN6O2.C22H21BrN6O2.C21H19BrN6O2/c1-3-19(30)27-8-5-9-28(11-10-27)29-20-17(23)6-4-7-18(20)25-22(29)26-21(31)16-12-15(2)13-24-14-16;1-3-19(30)28-10-5-4-9-18(27-28)29-20-16(23)7-6-8-17(20)25-22(29)26-21(31)15-11-14(2)12-24-13-15;1-2-17(29)27-13-7-12-23-20(26-27)28-18-15(22)10-6-11-16(18)24-21(28)25-19(30)14-8-4-3-5-9-14/h3-4,6-7,12-14H,1,5,8-11H2,2H3,(H,25,26,31);3,6-8,11-13H,1,4-5,9-10H2,2H3,(H,25,26,31);2-6,8-11H,1,7,12-13H2,(H,23,26)(H,24,25,30). The van der Waals surface area contributed by atoms with E-state index in [1.165, 1.54) is 40.6 Å². The molecule has 6 amide bonds. The van der Waals surface area contributed by atoms with Gasteiger partial charge in [-0.15, -0.1) is 0 Å². The first-order chi connectivity index (χ1) is 44.5. The summed E-state index contributed by atoms with van der Waals surface area (Å²) in [5.41, 5.74) is 10.7. The van der Waals surface area contributed by atoms with Crippen molar-refractivity contribution in [3.8, 4) is 0 Å². The number of nitrogens with one attached hydrogen (secondary N) is 4. The molecule has 5 aromatic heterocycles. The number of carbonyl (C=O) groups excluding carboxylic acids is 6. The molecule has 0 radical (unpaired) electrons. The van der Waals surface area contributed by atoms with Crippen molar-refractivity contribution < 1.29 is 28.8 Å². The van der Waals surface area contributed by atoms with Gasteiger partial charge in [-0.1, -0.05) is 56.1 Å². The molecule has 24 nitrogen and oxygen atoms in total. The number of hydrogen-bond donors (Lipinski definition) is 4. The number of halogens is 3. The minimum absolute atomic E-state index is 0.0704. The third-order valence-corrected chi connectivity index (χ3v) is 16.6. The number of anilines is 3. The first-order valence-electron chi connectivity index (χ1n) is 29.3. The van der Waals surface area contributed by atoms with Crippen molar-refractivity contribution in [1.82, 2.24) is 59.1 Å². The van der Waals surface area contributed by atoms with Gasteiger partial charge in [-0.05, 0) is 177 Å². The Morgan fingerprint density at radius 1 is 0.522 bits per heavy atom. The lowest BCUT2D eigenvalue weighted by atomic mass is 10.2. The monoisotopic (exact) mass is 1430 g/mol. The van der Waals surface area contributed by atoms with E-state index in [2.05, 4.69) is 129 Å². The Balaban J connectivity index is 0.000000151. The number of hydrogen-bond acceptors (Lipinski definition) is 15. The van der Waals surface area contributed by atoms with Gasteiger partial charge in [0.15, 0.2) is 0 Å². The predicted octanol–water partition coefficient (Wildman–Crippen LogP) is 10.4. The molecule has 0 unspecified atom stereocenters. The maximum absolute atomic E-state index is 12.9. The van der Waals surface area contributed by atoms with E-state index in [0.717, 1.165) is 65.9 Å². The molecule has 0 saturated carbocycles. The third kappa shape index (κ3) is 14.9. The Labute approximate surface area is 554 Å². The number of imidazole rings is 3. The smallest absolute Gasteiger partial charge is 0.266 e. The van der Waals surface area contributed by atoms with E-state index >= 15 is 0 Å². The fraction of sp³-hybridized carbons (Fsp3) is 0.215. The Bertz CT molecular complexity index is 4410. The molecule has 0 atom stereocenters. The summed E-state index contributed by atoms with van der Waals surface area (Å²) in [6, 6.07) is 29.4. The number of aliphatic imine (C=N–C) groups is 1. The maximum Gasteiger partial charge on any atom is 0.266 e. The highest BCUT2D eigenvalue weighted by Gasteiger charge is 2.28. The quantitative estimate of drug-likeness (QED) is 0.0929. The normalized spacial score (nSPS) is 14.1. The van der Waals surface area contributed by atoms with Crippen LogP contribution in [0.4, 0.5) is 17.8 Å². The van der Waals surface area contributed by atoms with Crippen molar-refractivity contribution >= 4 is 146 Å². The van der Waals surface area contributed by atoms with Crippen LogP contribution in [0.25, 0.3) is 33.1 Å². The summed E-state index contributed by atoms with van der Waals surface area (Å²) < 4.78 is 7.90. The Hall–Kier alpha value is -9.99. The summed E-state index contributed by atoms with van der Waals surface area (Å²) in [4.78, 5) is 104. The third-order valence-electron chi connectivity index (χ3n) is 14.7. The number of nitrogens with zero attached hydrogens (tertiary/aromatic N) is 14. The van der Waals surface area contributed by atoms with Crippen LogP contribution in [0.15, 0.2) is 183 Å². The summed E-state index contributed by atoms with van der Waals surface area (Å²) in [7, 11) is 0. The second kappa shape index (κ2) is 29.8. The second-order valence-electron chi connectivity index (χ2n) is 21.2. The molecular formula is C65H63Br3N18O6. The molecule has 0 bridgehead atoms. The van der Waals surface area contributed by atoms with Crippen molar-refractivity contribution in [3.05, 3.63) is 201 Å². The zero-order valence-corrected chi connectivity index (χ0v) is 55.0. The Morgan fingerprint density at radius 3 is 1.66 bits per heavy atom. The van der Waals surface area contributed by atoms with E-state index in [-0.39, 0.29) is 35.4 Å². The fourth-order valence-electron chi connectivity index (χ4n) is 10.4. The van der Waals surface area contributed by atoms with E-state index in [1.54, 1.807) is 62.8 Å². The van der Waals surface area contributed by atoms with E-state index in [4.69, 9.17) is 0 Å². The Kier molecular flexibility index (Phi) is 21.0. The molecule has 9 aromatic rings. The molecule has 12 rings (SSSR count). The summed E-state index contributed by atoms with van der Waals surface area (Å²) in [5, 5.41) is 18.3. The average molecular weight is 1430 g/mol. The van der Waals surface area contributed by atoms with Gasteiger partial charge in [0, 0.05) is 89.5 Å². The number of aromatic nitrogens is 8. The van der Waals surface area contributed by atoms with Crippen molar-refractivity contribution in [3.63, 3.8) is 0 Å². The molecule has 92 heavy (non-hydrogen) atoms. The number of hydrazone groups is 1. The SMILES string of the molecule is C=CC(=O)N1CCCCC(n2c(NC(=O)c3cncc(C)c3)nc3cccc(Br)c32)=N1.C=CC(=O)N1CCCN(n2c(NC(=O)c3cncc(C)c3)nc3cccc(Br)c32)CC1.C=CC(=O)N1CCCN=C(n2c(NC(=O)c3ccccc3)nc3cccc(Br)c32)N1. The molecule has 4 N–H and O–H groups in total. The highest BCUT2D eigenvalue weighted by Crippen LogP contribution is 2.32. The van der Waals surface area contributed by atoms with Gasteiger partial charge in [0.1, 0.15) is 11.4 Å². The molecule has 1 saturated heterocycles. The van der Waals surface area contributed by atoms with E-state index in [9.17, 15) is 28.8 Å². The van der Waals surface area contributed by atoms with E-state index < -0.39 is 0 Å². The van der Waals surface area contributed by atoms with Crippen molar-refractivity contribution in [1.29, 1.82) is 0 Å². The van der Waals surface area contributed by atoms with Crippen LogP contribution in [0.1, 0.15) is 74.3 Å². The molecule has 3 aliphatic heterocycles. The van der Waals surface area contributed by atoms with Gasteiger partial charge < -0.3 is 9.91 Å². The largest absolute Gasteiger partial charge is 0.337 e. The van der Waals surface area contributed by atoms with Gasteiger partial charge in [0.2, 0.25) is 29.7 Å². The van der Waals surface area contributed by atoms with E-state index in [1.807, 2.05) is 79.2 Å². The summed E-state index contributed by atoms with van der Waals surface area (Å²) >= 11 is 10.8. The molecule has 8 heterocycles. The van der Waals surface area contributed by atoms with Crippen LogP contribution in [0.3, 0.4) is 0 Å². The minimum atomic E-state index is -0.322. The first-order valence-corrected chi connectivity index (χ1v) is 31.7. The topological polar surface area (TPSA) is 267 Å². The van der Waals surface area contributed by atoms with Gasteiger partial charge in [-0.25, -0.2) is 29.2 Å². The van der Waals surface area contributed by atoms with Gasteiger partial charge >= 0.3 is 0 Å². The van der Waals surface area contributed by atoms with Gasteiger partial charge in [0.05, 0.1) is 45.3 Å². The molecule has 470 valence electrons. The number of rotatable bonds is 10. The number of pyridine rings is 2. The Morgan fingerprint density at radius 2 is 1.07 bits per heavy atom. The summed E-state index contributed by atoms with van der Waals surface area (Å²) in [5.74, 6) is 0.583. The number of carbonyl (C=O) groups is 6. The molecule has 3 aliphatic rings. The van der Waals surface area contributed by atoms with Gasteiger partial charge in [-0.2, -0.15) is 5.10 Å². The van der Waals surface area contributed by atoms with Crippen LogP contribution in [0.5, 0.6) is 0 Å². The summed E-state index contributed by atoms with van der Waals surface area (Å²) in [6.07, 6.45) is 14.1. The number of para-hydroxylation sites is 3. The van der Waals surface area contributed by atoms with Crippen molar-refractivity contribution in [2.45, 2.75) is 46.0 Å². The first kappa shape index (κ1) is 65.0. The zero-order valence-electron chi connectivity index (χ0n) is 50.2. The highest BCUT2D eigenvalue weighted by molar-refractivity contribution is 9.11.